The fourth-order valence-corrected chi connectivity index (χ4v) is 1.09. The molecule has 3 heteroatoms. The Bertz CT molecular complexity index is 263. The molecule has 0 unspecified atom stereocenters. The number of benzene rings is 1. The van der Waals surface area contributed by atoms with Gasteiger partial charge in [-0.25, -0.2) is 4.39 Å². The number of methoxy groups -OCH3 is 1. The summed E-state index contributed by atoms with van der Waals surface area (Å²) in [4.78, 5) is 0. The lowest BCUT2D eigenvalue weighted by Crippen LogP contribution is -1.97. The van der Waals surface area contributed by atoms with Gasteiger partial charge in [0.15, 0.2) is 11.6 Å². The van der Waals surface area contributed by atoms with Crippen molar-refractivity contribution in [3.63, 3.8) is 0 Å². The minimum atomic E-state index is -0.394. The van der Waals surface area contributed by atoms with Crippen LogP contribution in [0.25, 0.3) is 0 Å². The van der Waals surface area contributed by atoms with Gasteiger partial charge in [0, 0.05) is 0 Å². The zero-order valence-corrected chi connectivity index (χ0v) is 7.23. The Hall–Kier alpha value is -1.25. The Labute approximate surface area is 71.1 Å². The highest BCUT2D eigenvalue weighted by atomic mass is 19.1. The molecule has 0 saturated heterocycles. The van der Waals surface area contributed by atoms with Gasteiger partial charge in [0.1, 0.15) is 0 Å². The molecule has 0 aliphatic carbocycles. The molecule has 2 nitrogen and oxygen atoms in total. The van der Waals surface area contributed by atoms with E-state index in [9.17, 15) is 4.39 Å². The molecule has 0 aliphatic heterocycles. The van der Waals surface area contributed by atoms with Gasteiger partial charge in [0.25, 0.3) is 0 Å². The second-order valence-corrected chi connectivity index (χ2v) is 2.55. The van der Waals surface area contributed by atoms with Gasteiger partial charge in [0.2, 0.25) is 0 Å². The molecule has 0 aromatic heterocycles. The van der Waals surface area contributed by atoms with E-state index in [4.69, 9.17) is 10.5 Å². The normalized spacial score (nSPS) is 9.92. The van der Waals surface area contributed by atoms with E-state index in [0.29, 0.717) is 5.69 Å². The van der Waals surface area contributed by atoms with E-state index in [1.54, 1.807) is 6.07 Å². The number of aryl methyl sites for hydroxylation is 1. The zero-order chi connectivity index (χ0) is 9.14. The molecule has 0 aliphatic rings. The van der Waals surface area contributed by atoms with Crippen LogP contribution < -0.4 is 10.5 Å². The summed E-state index contributed by atoms with van der Waals surface area (Å²) in [5.41, 5.74) is 6.78. The van der Waals surface area contributed by atoms with Crippen LogP contribution in [-0.4, -0.2) is 7.11 Å². The van der Waals surface area contributed by atoms with Crippen LogP contribution in [0.5, 0.6) is 5.75 Å². The lowest BCUT2D eigenvalue weighted by Gasteiger charge is -2.07. The molecule has 0 atom stereocenters. The molecular weight excluding hydrogens is 157 g/mol. The number of hydrogen-bond acceptors (Lipinski definition) is 2. The SMILES string of the molecule is CCc1cc(N)c(OC)c(F)c1. The van der Waals surface area contributed by atoms with Gasteiger partial charge in [0.05, 0.1) is 12.8 Å². The molecule has 0 spiro atoms. The van der Waals surface area contributed by atoms with E-state index in [2.05, 4.69) is 0 Å². The first-order valence-electron chi connectivity index (χ1n) is 3.81. The topological polar surface area (TPSA) is 35.2 Å². The summed E-state index contributed by atoms with van der Waals surface area (Å²) in [5.74, 6) is -0.262. The number of ether oxygens (including phenoxy) is 1. The maximum atomic E-state index is 13.1. The Morgan fingerprint density at radius 2 is 2.17 bits per heavy atom. The van der Waals surface area contributed by atoms with E-state index in [-0.39, 0.29) is 5.75 Å². The van der Waals surface area contributed by atoms with Gasteiger partial charge in [-0.1, -0.05) is 6.92 Å². The van der Waals surface area contributed by atoms with E-state index >= 15 is 0 Å². The van der Waals surface area contributed by atoms with Gasteiger partial charge < -0.3 is 10.5 Å². The van der Waals surface area contributed by atoms with Crippen molar-refractivity contribution in [3.8, 4) is 5.75 Å². The number of nitrogen functional groups attached to an aromatic ring is 1. The van der Waals surface area contributed by atoms with Crippen LogP contribution in [0.2, 0.25) is 0 Å². The van der Waals surface area contributed by atoms with Gasteiger partial charge in [-0.05, 0) is 24.1 Å². The van der Waals surface area contributed by atoms with E-state index in [0.717, 1.165) is 12.0 Å². The van der Waals surface area contributed by atoms with E-state index in [1.165, 1.54) is 13.2 Å². The average Bonchev–Trinajstić information content (AvgIpc) is 2.03. The predicted octanol–water partition coefficient (Wildman–Crippen LogP) is 1.98. The van der Waals surface area contributed by atoms with Crippen LogP contribution in [0.3, 0.4) is 0 Å². The smallest absolute Gasteiger partial charge is 0.177 e. The first-order chi connectivity index (χ1) is 5.69. The van der Waals surface area contributed by atoms with Crippen LogP contribution in [0, 0.1) is 5.82 Å². The third-order valence-electron chi connectivity index (χ3n) is 1.74. The minimum absolute atomic E-state index is 0.132. The molecule has 0 radical (unpaired) electrons. The predicted molar refractivity (Wildman–Crippen MR) is 46.7 cm³/mol. The summed E-state index contributed by atoms with van der Waals surface area (Å²) < 4.78 is 17.9. The van der Waals surface area contributed by atoms with Crippen molar-refractivity contribution in [2.24, 2.45) is 0 Å². The monoisotopic (exact) mass is 169 g/mol. The first kappa shape index (κ1) is 8.84. The molecule has 1 aromatic rings. The van der Waals surface area contributed by atoms with Gasteiger partial charge >= 0.3 is 0 Å². The molecule has 0 fully saturated rings. The summed E-state index contributed by atoms with van der Waals surface area (Å²) in [6.45, 7) is 1.95. The van der Waals surface area contributed by atoms with Crippen molar-refractivity contribution >= 4 is 5.69 Å². The van der Waals surface area contributed by atoms with E-state index < -0.39 is 5.82 Å². The van der Waals surface area contributed by atoms with Crippen molar-refractivity contribution in [2.75, 3.05) is 12.8 Å². The summed E-state index contributed by atoms with van der Waals surface area (Å²) >= 11 is 0. The number of hydrogen-bond donors (Lipinski definition) is 1. The Kier molecular flexibility index (Phi) is 2.53. The van der Waals surface area contributed by atoms with Crippen LogP contribution in [-0.2, 0) is 6.42 Å². The third kappa shape index (κ3) is 1.49. The standard InChI is InChI=1S/C9H12FNO/c1-3-6-4-7(10)9(12-2)8(11)5-6/h4-5H,3,11H2,1-2H3. The molecule has 66 valence electrons. The van der Waals surface area contributed by atoms with Gasteiger partial charge in [-0.2, -0.15) is 0 Å². The number of anilines is 1. The Morgan fingerprint density at radius 1 is 1.50 bits per heavy atom. The second-order valence-electron chi connectivity index (χ2n) is 2.55. The van der Waals surface area contributed by atoms with Crippen molar-refractivity contribution in [2.45, 2.75) is 13.3 Å². The largest absolute Gasteiger partial charge is 0.492 e. The molecule has 1 rings (SSSR count). The van der Waals surface area contributed by atoms with Gasteiger partial charge in [-0.15, -0.1) is 0 Å². The van der Waals surface area contributed by atoms with Crippen LogP contribution in [0.1, 0.15) is 12.5 Å². The summed E-state index contributed by atoms with van der Waals surface area (Å²) in [5, 5.41) is 0. The van der Waals surface area contributed by atoms with Crippen molar-refractivity contribution in [1.82, 2.24) is 0 Å². The number of nitrogens with two attached hydrogens (primary N) is 1. The summed E-state index contributed by atoms with van der Waals surface area (Å²) in [6, 6.07) is 3.16. The molecular formula is C9H12FNO. The van der Waals surface area contributed by atoms with Crippen LogP contribution >= 0.6 is 0 Å². The van der Waals surface area contributed by atoms with Crippen LogP contribution in [0.15, 0.2) is 12.1 Å². The number of rotatable bonds is 2. The van der Waals surface area contributed by atoms with Crippen molar-refractivity contribution in [1.29, 1.82) is 0 Å². The molecule has 0 bridgehead atoms. The fraction of sp³-hybridized carbons (Fsp3) is 0.333. The fourth-order valence-electron chi connectivity index (χ4n) is 1.09. The minimum Gasteiger partial charge on any atom is -0.492 e. The lowest BCUT2D eigenvalue weighted by atomic mass is 10.1. The highest BCUT2D eigenvalue weighted by molar-refractivity contribution is 5.55. The maximum Gasteiger partial charge on any atom is 0.177 e. The second kappa shape index (κ2) is 3.43. The quantitative estimate of drug-likeness (QED) is 0.687. The molecule has 2 N–H and O–H groups in total. The van der Waals surface area contributed by atoms with Crippen molar-refractivity contribution < 1.29 is 9.13 Å². The van der Waals surface area contributed by atoms with E-state index in [1.807, 2.05) is 6.92 Å². The molecule has 1 aromatic carbocycles. The lowest BCUT2D eigenvalue weighted by molar-refractivity contribution is 0.388. The third-order valence-corrected chi connectivity index (χ3v) is 1.74. The molecule has 0 amide bonds. The van der Waals surface area contributed by atoms with Crippen LogP contribution in [0.4, 0.5) is 10.1 Å². The summed E-state index contributed by atoms with van der Waals surface area (Å²) in [7, 11) is 1.40. The molecule has 12 heavy (non-hydrogen) atoms. The van der Waals surface area contributed by atoms with Crippen molar-refractivity contribution in [3.05, 3.63) is 23.5 Å². The summed E-state index contributed by atoms with van der Waals surface area (Å²) in [6.07, 6.45) is 0.769. The first-order valence-corrected chi connectivity index (χ1v) is 3.81. The maximum absolute atomic E-state index is 13.1. The zero-order valence-electron chi connectivity index (χ0n) is 7.23. The highest BCUT2D eigenvalue weighted by Crippen LogP contribution is 2.26. The van der Waals surface area contributed by atoms with Gasteiger partial charge in [-0.3, -0.25) is 0 Å². The average molecular weight is 169 g/mol. The Balaban J connectivity index is 3.18. The number of halogens is 1. The highest BCUT2D eigenvalue weighted by Gasteiger charge is 2.07. The molecule has 0 saturated carbocycles. The Morgan fingerprint density at radius 3 is 2.58 bits per heavy atom. The molecule has 0 heterocycles.